The maximum absolute atomic E-state index is 12.6. The Morgan fingerprint density at radius 3 is 2.48 bits per heavy atom. The van der Waals surface area contributed by atoms with Crippen molar-refractivity contribution in [3.05, 3.63) is 30.1 Å². The third-order valence-electron chi connectivity index (χ3n) is 3.85. The van der Waals surface area contributed by atoms with Crippen LogP contribution in [0.2, 0.25) is 0 Å². The number of fused-ring (bicyclic) bond motifs is 1. The monoisotopic (exact) mass is 465 g/mol. The van der Waals surface area contributed by atoms with Crippen LogP contribution >= 0.6 is 11.8 Å². The number of nitrogens with one attached hydrogen (secondary N) is 1. The number of hydrogen-bond acceptors (Lipinski definition) is 7. The molecule has 0 saturated heterocycles. The number of methoxy groups -OCH3 is 2. The number of hydrogen-bond donors (Lipinski definition) is 1. The lowest BCUT2D eigenvalue weighted by molar-refractivity contribution is -0.153. The van der Waals surface area contributed by atoms with Crippen molar-refractivity contribution in [1.29, 1.82) is 0 Å². The highest BCUT2D eigenvalue weighted by atomic mass is 32.2. The van der Waals surface area contributed by atoms with E-state index in [1.807, 2.05) is 0 Å². The zero-order chi connectivity index (χ0) is 22.6. The fourth-order valence-corrected chi connectivity index (χ4v) is 3.41. The molecule has 2 aromatic heterocycles. The lowest BCUT2D eigenvalue weighted by Crippen LogP contribution is -2.20. The van der Waals surface area contributed by atoms with Crippen LogP contribution in [0.5, 0.6) is 23.0 Å². The summed E-state index contributed by atoms with van der Waals surface area (Å²) in [6.07, 6.45) is -3.15. The van der Waals surface area contributed by atoms with Crippen molar-refractivity contribution in [2.45, 2.75) is 23.7 Å². The van der Waals surface area contributed by atoms with Crippen LogP contribution in [-0.4, -0.2) is 48.6 Å². The van der Waals surface area contributed by atoms with Crippen LogP contribution in [0.15, 0.2) is 29.6 Å². The summed E-state index contributed by atoms with van der Waals surface area (Å²) < 4.78 is 82.3. The van der Waals surface area contributed by atoms with Crippen LogP contribution in [0.1, 0.15) is 5.69 Å². The van der Waals surface area contributed by atoms with Gasteiger partial charge in [-0.1, -0.05) is 11.8 Å². The van der Waals surface area contributed by atoms with Crippen molar-refractivity contribution in [2.75, 3.05) is 20.8 Å². The molecule has 0 aliphatic rings. The second kappa shape index (κ2) is 9.45. The van der Waals surface area contributed by atoms with Crippen molar-refractivity contribution in [1.82, 2.24) is 15.0 Å². The van der Waals surface area contributed by atoms with Gasteiger partial charge in [-0.25, -0.2) is 4.98 Å². The summed E-state index contributed by atoms with van der Waals surface area (Å²) in [6, 6.07) is 4.13. The summed E-state index contributed by atoms with van der Waals surface area (Å²) >= 11 is 1.12. The second-order valence-electron chi connectivity index (χ2n) is 5.92. The van der Waals surface area contributed by atoms with Gasteiger partial charge in [-0.2, -0.15) is 22.0 Å². The highest BCUT2D eigenvalue weighted by molar-refractivity contribution is 7.98. The van der Waals surface area contributed by atoms with E-state index in [1.165, 1.54) is 38.6 Å². The molecule has 0 amide bonds. The average molecular weight is 465 g/mol. The van der Waals surface area contributed by atoms with Gasteiger partial charge in [0.2, 0.25) is 0 Å². The molecular weight excluding hydrogens is 449 g/mol. The SMILES string of the molecule is COc1cc2nc(SCc3nccc(OC)c3OCC(F)(F)F)[nH]c2cc1OC(F)F. The summed E-state index contributed by atoms with van der Waals surface area (Å²) in [5.41, 5.74) is 1.05. The van der Waals surface area contributed by atoms with Gasteiger partial charge in [0.1, 0.15) is 0 Å². The molecule has 0 aliphatic carbocycles. The molecule has 0 saturated carbocycles. The second-order valence-corrected chi connectivity index (χ2v) is 6.89. The molecule has 0 atom stereocenters. The number of aromatic nitrogens is 3. The number of benzene rings is 1. The fraction of sp³-hybridized carbons (Fsp3) is 0.333. The summed E-state index contributed by atoms with van der Waals surface area (Å²) in [5, 5.41) is 0.373. The molecule has 1 aromatic carbocycles. The number of halogens is 5. The topological polar surface area (TPSA) is 78.5 Å². The van der Waals surface area contributed by atoms with E-state index in [2.05, 4.69) is 19.7 Å². The zero-order valence-corrected chi connectivity index (χ0v) is 16.9. The molecule has 168 valence electrons. The van der Waals surface area contributed by atoms with Crippen LogP contribution in [0.25, 0.3) is 11.0 Å². The molecule has 0 aliphatic heterocycles. The Kier molecular flexibility index (Phi) is 6.93. The van der Waals surface area contributed by atoms with E-state index in [-0.39, 0.29) is 34.4 Å². The number of pyridine rings is 1. The van der Waals surface area contributed by atoms with Crippen molar-refractivity contribution in [3.8, 4) is 23.0 Å². The molecule has 0 unspecified atom stereocenters. The van der Waals surface area contributed by atoms with Gasteiger partial charge in [0.25, 0.3) is 0 Å². The number of nitrogens with zero attached hydrogens (tertiary/aromatic N) is 2. The van der Waals surface area contributed by atoms with Gasteiger partial charge in [0.05, 0.1) is 30.9 Å². The predicted octanol–water partition coefficient (Wildman–Crippen LogP) is 4.81. The molecule has 0 radical (unpaired) electrons. The molecule has 2 heterocycles. The van der Waals surface area contributed by atoms with Crippen LogP contribution < -0.4 is 18.9 Å². The van der Waals surface area contributed by atoms with Gasteiger partial charge in [-0.15, -0.1) is 0 Å². The van der Waals surface area contributed by atoms with Gasteiger partial charge in [-0.05, 0) is 0 Å². The van der Waals surface area contributed by atoms with E-state index in [1.54, 1.807) is 0 Å². The minimum absolute atomic E-state index is 0.0770. The van der Waals surface area contributed by atoms with E-state index in [9.17, 15) is 22.0 Å². The van der Waals surface area contributed by atoms with Crippen LogP contribution in [0.4, 0.5) is 22.0 Å². The van der Waals surface area contributed by atoms with E-state index >= 15 is 0 Å². The van der Waals surface area contributed by atoms with Crippen molar-refractivity contribution >= 4 is 22.8 Å². The highest BCUT2D eigenvalue weighted by Gasteiger charge is 2.30. The quantitative estimate of drug-likeness (QED) is 0.359. The number of ether oxygens (including phenoxy) is 4. The first kappa shape index (κ1) is 22.7. The average Bonchev–Trinajstić information content (AvgIpc) is 3.10. The lowest BCUT2D eigenvalue weighted by atomic mass is 10.3. The Balaban J connectivity index is 1.82. The lowest BCUT2D eigenvalue weighted by Gasteiger charge is -2.15. The van der Waals surface area contributed by atoms with Gasteiger partial charge < -0.3 is 23.9 Å². The largest absolute Gasteiger partial charge is 0.493 e. The number of thioether (sulfide) groups is 1. The van der Waals surface area contributed by atoms with Crippen molar-refractivity contribution in [3.63, 3.8) is 0 Å². The smallest absolute Gasteiger partial charge is 0.422 e. The summed E-state index contributed by atoms with van der Waals surface area (Å²) in [6.45, 7) is -4.53. The Hall–Kier alpha value is -2.96. The Morgan fingerprint density at radius 2 is 1.84 bits per heavy atom. The number of alkyl halides is 5. The van der Waals surface area contributed by atoms with Crippen LogP contribution in [-0.2, 0) is 5.75 Å². The van der Waals surface area contributed by atoms with Gasteiger partial charge >= 0.3 is 12.8 Å². The molecular formula is C18H16F5N3O4S. The molecule has 0 bridgehead atoms. The minimum Gasteiger partial charge on any atom is -0.493 e. The molecule has 0 fully saturated rings. The standard InChI is InChI=1S/C18H16F5N3O4S/c1-27-12-3-4-24-11(15(12)29-8-18(21,22)23)7-31-17-25-9-5-13(28-2)14(30-16(19)20)6-10(9)26-17/h3-6,16H,7-8H2,1-2H3,(H,25,26). The van der Waals surface area contributed by atoms with E-state index in [4.69, 9.17) is 14.2 Å². The Labute approximate surface area is 176 Å². The van der Waals surface area contributed by atoms with Crippen LogP contribution in [0.3, 0.4) is 0 Å². The first-order chi connectivity index (χ1) is 14.7. The zero-order valence-electron chi connectivity index (χ0n) is 16.1. The highest BCUT2D eigenvalue weighted by Crippen LogP contribution is 2.36. The van der Waals surface area contributed by atoms with Crippen molar-refractivity contribution < 1.29 is 40.9 Å². The first-order valence-electron chi connectivity index (χ1n) is 8.57. The molecule has 7 nitrogen and oxygen atoms in total. The number of imidazole rings is 1. The van der Waals surface area contributed by atoms with E-state index < -0.39 is 19.4 Å². The van der Waals surface area contributed by atoms with Crippen molar-refractivity contribution in [2.24, 2.45) is 0 Å². The van der Waals surface area contributed by atoms with Gasteiger partial charge in [-0.3, -0.25) is 4.98 Å². The van der Waals surface area contributed by atoms with Gasteiger partial charge in [0, 0.05) is 30.1 Å². The number of H-pyrrole nitrogens is 1. The molecule has 1 N–H and O–H groups in total. The molecule has 13 heteroatoms. The Bertz CT molecular complexity index is 1040. The third kappa shape index (κ3) is 5.81. The molecule has 31 heavy (non-hydrogen) atoms. The molecule has 3 aromatic rings. The van der Waals surface area contributed by atoms with Gasteiger partial charge in [0.15, 0.2) is 34.8 Å². The molecule has 0 spiro atoms. The van der Waals surface area contributed by atoms with E-state index in [0.29, 0.717) is 16.2 Å². The normalized spacial score (nSPS) is 11.7. The summed E-state index contributed by atoms with van der Waals surface area (Å²) in [5.74, 6) is -0.00396. The minimum atomic E-state index is -4.53. The number of rotatable bonds is 9. The summed E-state index contributed by atoms with van der Waals surface area (Å²) in [4.78, 5) is 11.3. The maximum atomic E-state index is 12.6. The van der Waals surface area contributed by atoms with E-state index in [0.717, 1.165) is 11.8 Å². The number of aromatic amines is 1. The Morgan fingerprint density at radius 1 is 1.10 bits per heavy atom. The third-order valence-corrected chi connectivity index (χ3v) is 4.73. The van der Waals surface area contributed by atoms with Crippen LogP contribution in [0, 0.1) is 0 Å². The maximum Gasteiger partial charge on any atom is 0.422 e. The fourth-order valence-electron chi connectivity index (χ4n) is 2.59. The first-order valence-corrected chi connectivity index (χ1v) is 9.55. The summed E-state index contributed by atoms with van der Waals surface area (Å²) in [7, 11) is 2.61. The molecule has 3 rings (SSSR count). The predicted molar refractivity (Wildman–Crippen MR) is 101 cm³/mol.